The molecular formula is C56H86FN5O13. The number of aryl methyl sites for hydroxylation is 1. The maximum absolute atomic E-state index is 14.9. The first kappa shape index (κ1) is 60.4. The SMILES string of the molecule is CC[C@H]1OC(=O)[C@H](C)[C@@H](O[C@H]2C[C@@](C)(OC)C[C@H](C)O2)C[C@@H](O[C@@H]2O[C@H](C)C[C@H](N(C)CCc3cn([C@H](CF)[C@H](OC)c4ccc(-c5ccc(C)nc5)cc4)nn3)[C@H]2O)[C@](C)(OC)C[C@@H](C)C(=O)[C@H](C)[C@@H](O)[C@]1(C)O. The summed E-state index contributed by atoms with van der Waals surface area (Å²) in [6.45, 7) is 17.3. The van der Waals surface area contributed by atoms with Crippen molar-refractivity contribution in [3.8, 4) is 11.1 Å². The fourth-order valence-corrected chi connectivity index (χ4v) is 11.3. The number of pyridine rings is 1. The van der Waals surface area contributed by atoms with Gasteiger partial charge in [0.15, 0.2) is 12.6 Å². The van der Waals surface area contributed by atoms with E-state index in [1.54, 1.807) is 55.0 Å². The molecule has 420 valence electrons. The number of Topliss-reactive ketones (excluding diaryl/α,β-unsaturated/α-hetero) is 1. The van der Waals surface area contributed by atoms with Crippen molar-refractivity contribution in [1.82, 2.24) is 24.9 Å². The standard InChI is InChI=1S/C56H86FN5O13/c1-15-45-56(10,67)51(65)37(7)48(63)32(2)26-55(9,70-14)46(25-44(36(6)52(66)74-45)73-47-28-54(8,69-13)27-35(5)71-47)75-53-49(64)42(24-34(4)72-53)61(11)23-22-41-31-62(60-59-41)43(29-57)50(68-12)39-20-18-38(19-21-39)40-17-16-33(3)58-30-40/h16-21,30-32,34-37,42-47,49-51,53,64-65,67H,15,22-29H2,1-14H3/t32-,34-,35+,36-,37+,42+,43-,44+,45-,46-,47+,49-,50-,51-,53+,54+,55-,56-/m1/s1. The monoisotopic (exact) mass is 1060 g/mol. The number of benzene rings is 1. The summed E-state index contributed by atoms with van der Waals surface area (Å²) < 4.78 is 67.1. The summed E-state index contributed by atoms with van der Waals surface area (Å²) in [5, 5.41) is 44.4. The zero-order chi connectivity index (χ0) is 55.2. The predicted octanol–water partition coefficient (Wildman–Crippen LogP) is 6.70. The third-order valence-electron chi connectivity index (χ3n) is 16.4. The average Bonchev–Trinajstić information content (AvgIpc) is 3.86. The van der Waals surface area contributed by atoms with Crippen molar-refractivity contribution in [1.29, 1.82) is 0 Å². The van der Waals surface area contributed by atoms with Gasteiger partial charge in [-0.15, -0.1) is 5.10 Å². The van der Waals surface area contributed by atoms with Crippen LogP contribution in [0.4, 0.5) is 4.39 Å². The third kappa shape index (κ3) is 14.3. The Labute approximate surface area is 443 Å². The average molecular weight is 1060 g/mol. The summed E-state index contributed by atoms with van der Waals surface area (Å²) in [5.41, 5.74) is 0.424. The van der Waals surface area contributed by atoms with Crippen LogP contribution in [0, 0.1) is 24.7 Å². The number of alkyl halides is 1. The molecule has 3 fully saturated rings. The Kier molecular flexibility index (Phi) is 20.7. The van der Waals surface area contributed by atoms with Gasteiger partial charge in [-0.05, 0) is 92.0 Å². The first-order valence-corrected chi connectivity index (χ1v) is 26.7. The molecule has 0 saturated carbocycles. The normalized spacial score (nSPS) is 36.4. The molecule has 19 heteroatoms. The molecule has 0 bridgehead atoms. The number of methoxy groups -OCH3 is 3. The lowest BCUT2D eigenvalue weighted by Crippen LogP contribution is -2.59. The van der Waals surface area contributed by atoms with E-state index in [-0.39, 0.29) is 37.3 Å². The summed E-state index contributed by atoms with van der Waals surface area (Å²) in [6.07, 6.45) is -3.62. The van der Waals surface area contributed by atoms with E-state index in [4.69, 9.17) is 37.9 Å². The van der Waals surface area contributed by atoms with E-state index in [9.17, 15) is 29.3 Å². The first-order chi connectivity index (χ1) is 35.4. The fraction of sp³-hybridized carbons (Fsp3) is 0.732. The quantitative estimate of drug-likeness (QED) is 0.120. The van der Waals surface area contributed by atoms with Crippen molar-refractivity contribution in [2.45, 2.75) is 204 Å². The van der Waals surface area contributed by atoms with Crippen molar-refractivity contribution in [2.24, 2.45) is 17.8 Å². The first-order valence-electron chi connectivity index (χ1n) is 26.7. The van der Waals surface area contributed by atoms with Gasteiger partial charge in [-0.2, -0.15) is 0 Å². The van der Waals surface area contributed by atoms with E-state index in [1.807, 2.05) is 82.2 Å². The number of aliphatic hydroxyl groups is 3. The fourth-order valence-electron chi connectivity index (χ4n) is 11.3. The van der Waals surface area contributed by atoms with Gasteiger partial charge in [0.25, 0.3) is 0 Å². The number of carbonyl (C=O) groups is 2. The summed E-state index contributed by atoms with van der Waals surface area (Å²) in [6, 6.07) is 10.5. The molecule has 18 atom stereocenters. The molecular weight excluding hydrogens is 970 g/mol. The number of likely N-dealkylation sites (N-methyl/N-ethyl adjacent to an activating group) is 1. The number of carbonyl (C=O) groups excluding carboxylic acids is 2. The van der Waals surface area contributed by atoms with Crippen LogP contribution >= 0.6 is 0 Å². The number of aromatic nitrogens is 4. The molecule has 0 unspecified atom stereocenters. The minimum atomic E-state index is -1.98. The lowest BCUT2D eigenvalue weighted by Gasteiger charge is -2.47. The van der Waals surface area contributed by atoms with Gasteiger partial charge < -0.3 is 58.1 Å². The predicted molar refractivity (Wildman–Crippen MR) is 277 cm³/mol. The minimum Gasteiger partial charge on any atom is -0.459 e. The lowest BCUT2D eigenvalue weighted by molar-refractivity contribution is -0.301. The van der Waals surface area contributed by atoms with Crippen LogP contribution < -0.4 is 0 Å². The van der Waals surface area contributed by atoms with Gasteiger partial charge in [-0.3, -0.25) is 14.6 Å². The largest absolute Gasteiger partial charge is 0.459 e. The Bertz CT molecular complexity index is 2290. The second kappa shape index (κ2) is 25.7. The van der Waals surface area contributed by atoms with Crippen LogP contribution in [0.5, 0.6) is 0 Å². The number of esters is 1. The Morgan fingerprint density at radius 3 is 2.20 bits per heavy atom. The van der Waals surface area contributed by atoms with E-state index in [2.05, 4.69) is 15.3 Å². The van der Waals surface area contributed by atoms with Gasteiger partial charge in [-0.1, -0.05) is 56.3 Å². The molecule has 3 aliphatic rings. The smallest absolute Gasteiger partial charge is 0.311 e. The number of rotatable bonds is 17. The van der Waals surface area contributed by atoms with E-state index in [0.29, 0.717) is 37.9 Å². The number of halogens is 1. The van der Waals surface area contributed by atoms with Gasteiger partial charge in [0, 0.05) is 95.1 Å². The number of cyclic esters (lactones) is 1. The molecule has 0 radical (unpaired) electrons. The second-order valence-corrected chi connectivity index (χ2v) is 22.3. The molecule has 3 aromatic rings. The molecule has 3 N–H and O–H groups in total. The third-order valence-corrected chi connectivity index (χ3v) is 16.4. The highest BCUT2D eigenvalue weighted by Gasteiger charge is 2.51. The molecule has 2 aromatic heterocycles. The Morgan fingerprint density at radius 1 is 0.893 bits per heavy atom. The highest BCUT2D eigenvalue weighted by atomic mass is 19.1. The molecule has 1 aromatic carbocycles. The van der Waals surface area contributed by atoms with Crippen molar-refractivity contribution in [3.63, 3.8) is 0 Å². The van der Waals surface area contributed by atoms with Crippen LogP contribution in [0.1, 0.15) is 130 Å². The van der Waals surface area contributed by atoms with Gasteiger partial charge >= 0.3 is 5.97 Å². The number of hydrogen-bond donors (Lipinski definition) is 3. The van der Waals surface area contributed by atoms with Crippen LogP contribution in [0.15, 0.2) is 48.8 Å². The molecule has 0 spiro atoms. The summed E-state index contributed by atoms with van der Waals surface area (Å²) in [5.74, 6) is -3.81. The van der Waals surface area contributed by atoms with Crippen LogP contribution in [0.2, 0.25) is 0 Å². The topological polar surface area (TPSA) is 216 Å². The van der Waals surface area contributed by atoms with E-state index in [1.165, 1.54) is 18.7 Å². The van der Waals surface area contributed by atoms with Crippen LogP contribution in [0.3, 0.4) is 0 Å². The number of ether oxygens (including phenoxy) is 8. The molecule has 18 nitrogen and oxygen atoms in total. The molecule has 0 aliphatic carbocycles. The lowest BCUT2D eigenvalue weighted by atomic mass is 9.76. The van der Waals surface area contributed by atoms with Crippen molar-refractivity contribution in [2.75, 3.05) is 41.6 Å². The molecule has 3 saturated heterocycles. The van der Waals surface area contributed by atoms with Crippen LogP contribution in [-0.2, 0) is 53.9 Å². The summed E-state index contributed by atoms with van der Waals surface area (Å²) in [7, 11) is 6.59. The zero-order valence-electron chi connectivity index (χ0n) is 46.7. The van der Waals surface area contributed by atoms with Gasteiger partial charge in [0.1, 0.15) is 42.4 Å². The highest BCUT2D eigenvalue weighted by Crippen LogP contribution is 2.40. The van der Waals surface area contributed by atoms with Crippen LogP contribution in [0.25, 0.3) is 11.1 Å². The van der Waals surface area contributed by atoms with Gasteiger partial charge in [0.2, 0.25) is 0 Å². The molecule has 0 amide bonds. The minimum absolute atomic E-state index is 0.0117. The van der Waals surface area contributed by atoms with E-state index >= 15 is 0 Å². The molecule has 75 heavy (non-hydrogen) atoms. The van der Waals surface area contributed by atoms with Crippen molar-refractivity contribution < 1.29 is 67.2 Å². The van der Waals surface area contributed by atoms with Gasteiger partial charge in [-0.25, -0.2) is 9.07 Å². The molecule has 3 aliphatic heterocycles. The maximum atomic E-state index is 14.9. The Morgan fingerprint density at radius 2 is 1.59 bits per heavy atom. The summed E-state index contributed by atoms with van der Waals surface area (Å²) >= 11 is 0. The zero-order valence-corrected chi connectivity index (χ0v) is 46.7. The van der Waals surface area contributed by atoms with E-state index < -0.39 is 108 Å². The van der Waals surface area contributed by atoms with Crippen molar-refractivity contribution >= 4 is 11.8 Å². The second-order valence-electron chi connectivity index (χ2n) is 22.3. The van der Waals surface area contributed by atoms with Gasteiger partial charge in [0.05, 0.1) is 53.3 Å². The molecule has 5 heterocycles. The van der Waals surface area contributed by atoms with Crippen LogP contribution in [-0.4, -0.2) is 172 Å². The maximum Gasteiger partial charge on any atom is 0.311 e. The number of hydrogen-bond acceptors (Lipinski definition) is 17. The molecule has 6 rings (SSSR count). The number of ketones is 1. The summed E-state index contributed by atoms with van der Waals surface area (Å²) in [4.78, 5) is 35.0. The Balaban J connectivity index is 1.24. The Hall–Kier alpha value is -3.86. The van der Waals surface area contributed by atoms with Crippen molar-refractivity contribution in [3.05, 3.63) is 65.7 Å². The highest BCUT2D eigenvalue weighted by molar-refractivity contribution is 5.83. The number of nitrogens with zero attached hydrogens (tertiary/aromatic N) is 5. The number of aliphatic hydroxyl groups excluding tert-OH is 2. The van der Waals surface area contributed by atoms with E-state index in [0.717, 1.165) is 22.4 Å².